The van der Waals surface area contributed by atoms with Crippen molar-refractivity contribution in [3.05, 3.63) is 22.7 Å². The summed E-state index contributed by atoms with van der Waals surface area (Å²) in [5.41, 5.74) is 1.32. The molecule has 1 aromatic carbocycles. The van der Waals surface area contributed by atoms with Crippen LogP contribution in [0.2, 0.25) is 5.02 Å². The molecule has 0 unspecified atom stereocenters. The van der Waals surface area contributed by atoms with Crippen molar-refractivity contribution in [3.63, 3.8) is 0 Å². The number of nitrogens with one attached hydrogen (secondary N) is 1. The van der Waals surface area contributed by atoms with Crippen molar-refractivity contribution in [1.82, 2.24) is 10.2 Å². The maximum atomic E-state index is 12.5. The lowest BCUT2D eigenvalue weighted by Gasteiger charge is -2.24. The Morgan fingerprint density at radius 1 is 1.21 bits per heavy atom. The quantitative estimate of drug-likeness (QED) is 0.886. The van der Waals surface area contributed by atoms with Crippen LogP contribution in [0.3, 0.4) is 0 Å². The van der Waals surface area contributed by atoms with Gasteiger partial charge in [-0.05, 0) is 42.4 Å². The van der Waals surface area contributed by atoms with Crippen LogP contribution in [0.25, 0.3) is 0 Å². The van der Waals surface area contributed by atoms with E-state index in [0.29, 0.717) is 41.7 Å². The smallest absolute Gasteiger partial charge is 0.317 e. The molecule has 3 aliphatic rings. The summed E-state index contributed by atoms with van der Waals surface area (Å²) in [4.78, 5) is 14.4. The molecule has 1 aliphatic carbocycles. The largest absolute Gasteiger partial charge is 0.486 e. The first kappa shape index (κ1) is 15.9. The van der Waals surface area contributed by atoms with Crippen LogP contribution in [0.5, 0.6) is 11.5 Å². The number of amides is 2. The first-order chi connectivity index (χ1) is 11.7. The molecule has 130 valence electrons. The highest BCUT2D eigenvalue weighted by Crippen LogP contribution is 2.45. The number of carbonyl (C=O) groups excluding carboxylic acids is 1. The third-order valence-corrected chi connectivity index (χ3v) is 5.77. The minimum absolute atomic E-state index is 0.0183. The van der Waals surface area contributed by atoms with E-state index in [1.807, 2.05) is 17.0 Å². The molecule has 6 heteroatoms. The number of halogens is 1. The van der Waals surface area contributed by atoms with Crippen LogP contribution in [-0.4, -0.2) is 37.2 Å². The van der Waals surface area contributed by atoms with E-state index in [-0.39, 0.29) is 6.03 Å². The highest BCUT2D eigenvalue weighted by Gasteiger charge is 2.41. The minimum Gasteiger partial charge on any atom is -0.486 e. The molecule has 1 aromatic rings. The zero-order chi connectivity index (χ0) is 16.6. The molecule has 1 N–H and O–H groups in total. The monoisotopic (exact) mass is 350 g/mol. The molecule has 2 fully saturated rings. The molecule has 24 heavy (non-hydrogen) atoms. The lowest BCUT2D eigenvalue weighted by atomic mass is 9.86. The van der Waals surface area contributed by atoms with E-state index in [9.17, 15) is 4.79 Å². The van der Waals surface area contributed by atoms with Gasteiger partial charge in [-0.15, -0.1) is 0 Å². The summed E-state index contributed by atoms with van der Waals surface area (Å²) in [6, 6.07) is 3.74. The second-order valence-electron chi connectivity index (χ2n) is 7.14. The Bertz CT molecular complexity index is 643. The van der Waals surface area contributed by atoms with Crippen molar-refractivity contribution in [1.29, 1.82) is 0 Å². The molecule has 2 amide bonds. The number of carbonyl (C=O) groups is 1. The van der Waals surface area contributed by atoms with Crippen molar-refractivity contribution >= 4 is 17.6 Å². The Hall–Kier alpha value is -1.62. The van der Waals surface area contributed by atoms with E-state index in [4.69, 9.17) is 21.1 Å². The van der Waals surface area contributed by atoms with E-state index < -0.39 is 0 Å². The third-order valence-electron chi connectivity index (χ3n) is 5.49. The lowest BCUT2D eigenvalue weighted by molar-refractivity contribution is 0.171. The van der Waals surface area contributed by atoms with E-state index in [1.165, 1.54) is 25.7 Å². The second-order valence-corrected chi connectivity index (χ2v) is 7.55. The molecule has 2 heterocycles. The molecular weight excluding hydrogens is 328 g/mol. The zero-order valence-electron chi connectivity index (χ0n) is 13.8. The van der Waals surface area contributed by atoms with Gasteiger partial charge < -0.3 is 19.7 Å². The van der Waals surface area contributed by atoms with Gasteiger partial charge in [0.2, 0.25) is 0 Å². The summed E-state index contributed by atoms with van der Waals surface area (Å²) in [7, 11) is 0. The van der Waals surface area contributed by atoms with Gasteiger partial charge in [-0.25, -0.2) is 4.79 Å². The average molecular weight is 351 g/mol. The Morgan fingerprint density at radius 2 is 2.00 bits per heavy atom. The van der Waals surface area contributed by atoms with Gasteiger partial charge >= 0.3 is 6.03 Å². The van der Waals surface area contributed by atoms with Gasteiger partial charge in [-0.3, -0.25) is 0 Å². The SMILES string of the molecule is O=C(NCc1cc(Cl)c2c(c1)OCCO2)N1CCC2(CCCC2)C1. The number of nitrogens with zero attached hydrogens (tertiary/aromatic N) is 1. The number of fused-ring (bicyclic) bond motifs is 1. The fourth-order valence-electron chi connectivity index (χ4n) is 4.20. The minimum atomic E-state index is 0.0183. The van der Waals surface area contributed by atoms with Crippen LogP contribution >= 0.6 is 11.6 Å². The Kier molecular flexibility index (Phi) is 4.21. The van der Waals surface area contributed by atoms with Gasteiger partial charge in [-0.1, -0.05) is 24.4 Å². The summed E-state index contributed by atoms with van der Waals surface area (Å²) in [6.07, 6.45) is 6.32. The maximum absolute atomic E-state index is 12.5. The van der Waals surface area contributed by atoms with Crippen LogP contribution in [0, 0.1) is 5.41 Å². The molecular formula is C18H23ClN2O3. The normalized spacial score (nSPS) is 21.3. The van der Waals surface area contributed by atoms with Crippen LogP contribution < -0.4 is 14.8 Å². The molecule has 4 rings (SSSR count). The average Bonchev–Trinajstić information content (AvgIpc) is 3.23. The molecule has 2 aliphatic heterocycles. The van der Waals surface area contributed by atoms with E-state index in [2.05, 4.69) is 5.32 Å². The summed E-state index contributed by atoms with van der Waals surface area (Å²) >= 11 is 6.24. The molecule has 1 saturated carbocycles. The van der Waals surface area contributed by atoms with Crippen molar-refractivity contribution in [3.8, 4) is 11.5 Å². The third kappa shape index (κ3) is 3.02. The Balaban J connectivity index is 1.37. The van der Waals surface area contributed by atoms with E-state index in [1.54, 1.807) is 0 Å². The number of rotatable bonds is 2. The van der Waals surface area contributed by atoms with Crippen molar-refractivity contribution < 1.29 is 14.3 Å². The fraction of sp³-hybridized carbons (Fsp3) is 0.611. The molecule has 0 radical (unpaired) electrons. The van der Waals surface area contributed by atoms with Crippen LogP contribution in [0.4, 0.5) is 4.79 Å². The van der Waals surface area contributed by atoms with Crippen LogP contribution in [0.15, 0.2) is 12.1 Å². The van der Waals surface area contributed by atoms with Gasteiger partial charge in [0, 0.05) is 19.6 Å². The molecule has 1 spiro atoms. The number of ether oxygens (including phenoxy) is 2. The predicted octanol–water partition coefficient (Wildman–Crippen LogP) is 3.59. The second kappa shape index (κ2) is 6.36. The molecule has 0 aromatic heterocycles. The number of hydrogen-bond donors (Lipinski definition) is 1. The maximum Gasteiger partial charge on any atom is 0.317 e. The van der Waals surface area contributed by atoms with Crippen molar-refractivity contribution in [2.75, 3.05) is 26.3 Å². The first-order valence-corrected chi connectivity index (χ1v) is 9.14. The first-order valence-electron chi connectivity index (χ1n) is 8.76. The molecule has 0 bridgehead atoms. The summed E-state index contributed by atoms with van der Waals surface area (Å²) < 4.78 is 11.1. The van der Waals surface area contributed by atoms with Crippen LogP contribution in [0.1, 0.15) is 37.7 Å². The Morgan fingerprint density at radius 3 is 2.83 bits per heavy atom. The fourth-order valence-corrected chi connectivity index (χ4v) is 4.49. The van der Waals surface area contributed by atoms with Gasteiger partial charge in [0.15, 0.2) is 11.5 Å². The summed E-state index contributed by atoms with van der Waals surface area (Å²) in [5.74, 6) is 1.25. The summed E-state index contributed by atoms with van der Waals surface area (Å²) in [5, 5.41) is 3.54. The highest BCUT2D eigenvalue weighted by molar-refractivity contribution is 6.32. The molecule has 5 nitrogen and oxygen atoms in total. The van der Waals surface area contributed by atoms with Gasteiger partial charge in [0.05, 0.1) is 5.02 Å². The number of urea groups is 1. The lowest BCUT2D eigenvalue weighted by Crippen LogP contribution is -2.39. The van der Waals surface area contributed by atoms with Gasteiger partial charge in [-0.2, -0.15) is 0 Å². The van der Waals surface area contributed by atoms with E-state index in [0.717, 1.165) is 25.1 Å². The number of benzene rings is 1. The summed E-state index contributed by atoms with van der Waals surface area (Å²) in [6.45, 7) is 3.25. The highest BCUT2D eigenvalue weighted by atomic mass is 35.5. The van der Waals surface area contributed by atoms with Crippen molar-refractivity contribution in [2.45, 2.75) is 38.6 Å². The van der Waals surface area contributed by atoms with Crippen molar-refractivity contribution in [2.24, 2.45) is 5.41 Å². The Labute approximate surface area is 147 Å². The predicted molar refractivity (Wildman–Crippen MR) is 91.8 cm³/mol. The van der Waals surface area contributed by atoms with Gasteiger partial charge in [0.1, 0.15) is 13.2 Å². The zero-order valence-corrected chi connectivity index (χ0v) is 14.5. The molecule has 1 saturated heterocycles. The topological polar surface area (TPSA) is 50.8 Å². The van der Waals surface area contributed by atoms with E-state index >= 15 is 0 Å². The molecule has 0 atom stereocenters. The van der Waals surface area contributed by atoms with Crippen LogP contribution in [-0.2, 0) is 6.54 Å². The number of likely N-dealkylation sites (tertiary alicyclic amines) is 1. The van der Waals surface area contributed by atoms with Gasteiger partial charge in [0.25, 0.3) is 0 Å². The number of hydrogen-bond acceptors (Lipinski definition) is 3. The standard InChI is InChI=1S/C18H23ClN2O3/c19-14-9-13(10-15-16(14)24-8-7-23-15)11-20-17(22)21-6-5-18(12-21)3-1-2-4-18/h9-10H,1-8,11-12H2,(H,20,22).